The zero-order valence-electron chi connectivity index (χ0n) is 16.6. The van der Waals surface area contributed by atoms with E-state index in [9.17, 15) is 0 Å². The van der Waals surface area contributed by atoms with E-state index in [1.807, 2.05) is 74.2 Å². The van der Waals surface area contributed by atoms with E-state index in [2.05, 4.69) is 46.5 Å². The zero-order chi connectivity index (χ0) is 20.3. The highest BCUT2D eigenvalue weighted by atomic mass is 15.2. The summed E-state index contributed by atoms with van der Waals surface area (Å²) in [7, 11) is 1.91. The number of benzene rings is 3. The summed E-state index contributed by atoms with van der Waals surface area (Å²) >= 11 is 0. The smallest absolute Gasteiger partial charge is 0.0781 e. The average molecular weight is 388 g/mol. The van der Waals surface area contributed by atoms with Crippen LogP contribution in [0.3, 0.4) is 0 Å². The summed E-state index contributed by atoms with van der Waals surface area (Å²) < 4.78 is 1.79. The Hall–Kier alpha value is -4.05. The molecule has 0 aliphatic heterocycles. The molecular formula is C26H20N4. The summed E-state index contributed by atoms with van der Waals surface area (Å²) in [5.41, 5.74) is 5.92. The third kappa shape index (κ3) is 3.51. The van der Waals surface area contributed by atoms with Crippen LogP contribution in [-0.2, 0) is 7.05 Å². The number of aromatic nitrogens is 3. The summed E-state index contributed by atoms with van der Waals surface area (Å²) in [6.45, 7) is 0. The van der Waals surface area contributed by atoms with E-state index in [1.54, 1.807) is 4.68 Å². The van der Waals surface area contributed by atoms with Crippen molar-refractivity contribution in [1.29, 1.82) is 0 Å². The SMILES string of the molecule is Cn1cc(-c2cc3cccc(N=C(c4ccccc4)c4ccccc4)c3cn2)cn1. The minimum absolute atomic E-state index is 0.903. The van der Waals surface area contributed by atoms with Crippen molar-refractivity contribution in [2.75, 3.05) is 0 Å². The highest BCUT2D eigenvalue weighted by molar-refractivity contribution is 6.15. The van der Waals surface area contributed by atoms with Crippen molar-refractivity contribution in [2.24, 2.45) is 12.0 Å². The molecular weight excluding hydrogens is 368 g/mol. The fourth-order valence-corrected chi connectivity index (χ4v) is 3.57. The summed E-state index contributed by atoms with van der Waals surface area (Å²) in [5, 5.41) is 6.38. The van der Waals surface area contributed by atoms with E-state index >= 15 is 0 Å². The van der Waals surface area contributed by atoms with Gasteiger partial charge in [0.1, 0.15) is 0 Å². The Morgan fingerprint density at radius 3 is 2.13 bits per heavy atom. The molecule has 4 heteroatoms. The maximum absolute atomic E-state index is 5.09. The lowest BCUT2D eigenvalue weighted by Crippen LogP contribution is -2.02. The lowest BCUT2D eigenvalue weighted by Gasteiger charge is -2.09. The van der Waals surface area contributed by atoms with E-state index in [0.717, 1.165) is 44.6 Å². The topological polar surface area (TPSA) is 43.1 Å². The Kier molecular flexibility index (Phi) is 4.66. The van der Waals surface area contributed by atoms with Gasteiger partial charge in [-0.1, -0.05) is 72.8 Å². The standard InChI is InChI=1S/C26H20N4/c1-30-18-22(16-28-30)25-15-21-13-8-14-24(23(21)17-27-25)29-26(19-9-4-2-5-10-19)20-11-6-3-7-12-20/h2-18H,1H3. The van der Waals surface area contributed by atoms with Crippen molar-refractivity contribution < 1.29 is 0 Å². The van der Waals surface area contributed by atoms with Gasteiger partial charge in [0.15, 0.2) is 0 Å². The molecule has 0 unspecified atom stereocenters. The molecule has 0 bridgehead atoms. The largest absolute Gasteiger partial charge is 0.275 e. The Labute approximate surface area is 175 Å². The number of rotatable bonds is 4. The van der Waals surface area contributed by atoms with E-state index < -0.39 is 0 Å². The maximum atomic E-state index is 5.09. The molecule has 5 rings (SSSR count). The van der Waals surface area contributed by atoms with Crippen LogP contribution < -0.4 is 0 Å². The fraction of sp³-hybridized carbons (Fsp3) is 0.0385. The monoisotopic (exact) mass is 388 g/mol. The first-order valence-corrected chi connectivity index (χ1v) is 9.85. The third-order valence-corrected chi connectivity index (χ3v) is 5.07. The molecule has 2 heterocycles. The van der Waals surface area contributed by atoms with Crippen LogP contribution in [0.15, 0.2) is 109 Å². The highest BCUT2D eigenvalue weighted by Crippen LogP contribution is 2.30. The number of hydrogen-bond acceptors (Lipinski definition) is 3. The van der Waals surface area contributed by atoms with Crippen molar-refractivity contribution in [3.8, 4) is 11.3 Å². The minimum Gasteiger partial charge on any atom is -0.275 e. The number of aliphatic imine (C=N–C) groups is 1. The number of pyridine rings is 1. The van der Waals surface area contributed by atoms with Gasteiger partial charge in [0, 0.05) is 41.5 Å². The Balaban J connectivity index is 1.66. The van der Waals surface area contributed by atoms with Crippen LogP contribution in [0.1, 0.15) is 11.1 Å². The Morgan fingerprint density at radius 2 is 1.50 bits per heavy atom. The van der Waals surface area contributed by atoms with Crippen LogP contribution >= 0.6 is 0 Å². The molecule has 0 saturated carbocycles. The van der Waals surface area contributed by atoms with Crippen molar-refractivity contribution in [3.05, 3.63) is 115 Å². The van der Waals surface area contributed by atoms with Gasteiger partial charge in [-0.15, -0.1) is 0 Å². The van der Waals surface area contributed by atoms with E-state index in [-0.39, 0.29) is 0 Å². The molecule has 2 aromatic heterocycles. The van der Waals surface area contributed by atoms with Gasteiger partial charge in [0.25, 0.3) is 0 Å². The maximum Gasteiger partial charge on any atom is 0.0781 e. The normalized spacial score (nSPS) is 10.8. The predicted octanol–water partition coefficient (Wildman–Crippen LogP) is 5.80. The van der Waals surface area contributed by atoms with Crippen LogP contribution in [0.2, 0.25) is 0 Å². The summed E-state index contributed by atoms with van der Waals surface area (Å²) in [4.78, 5) is 9.78. The van der Waals surface area contributed by atoms with Gasteiger partial charge >= 0.3 is 0 Å². The molecule has 0 fully saturated rings. The zero-order valence-corrected chi connectivity index (χ0v) is 16.6. The quantitative estimate of drug-likeness (QED) is 0.365. The minimum atomic E-state index is 0.903. The highest BCUT2D eigenvalue weighted by Gasteiger charge is 2.10. The molecule has 0 radical (unpaired) electrons. The number of hydrogen-bond donors (Lipinski definition) is 0. The third-order valence-electron chi connectivity index (χ3n) is 5.07. The first-order valence-electron chi connectivity index (χ1n) is 9.85. The van der Waals surface area contributed by atoms with Crippen molar-refractivity contribution in [2.45, 2.75) is 0 Å². The number of aryl methyl sites for hydroxylation is 1. The van der Waals surface area contributed by atoms with E-state index in [1.165, 1.54) is 0 Å². The molecule has 0 saturated heterocycles. The molecule has 3 aromatic carbocycles. The van der Waals surface area contributed by atoms with Crippen molar-refractivity contribution in [3.63, 3.8) is 0 Å². The van der Waals surface area contributed by atoms with E-state index in [4.69, 9.17) is 4.99 Å². The fourth-order valence-electron chi connectivity index (χ4n) is 3.57. The lowest BCUT2D eigenvalue weighted by atomic mass is 10.0. The molecule has 0 amide bonds. The molecule has 0 aliphatic rings. The molecule has 0 atom stereocenters. The first kappa shape index (κ1) is 18.0. The van der Waals surface area contributed by atoms with Gasteiger partial charge in [0.05, 0.1) is 23.3 Å². The van der Waals surface area contributed by atoms with Gasteiger partial charge in [-0.05, 0) is 17.5 Å². The summed E-state index contributed by atoms with van der Waals surface area (Å²) in [6.07, 6.45) is 5.71. The Bertz CT molecular complexity index is 1290. The van der Waals surface area contributed by atoms with Crippen molar-refractivity contribution >= 4 is 22.2 Å². The molecule has 144 valence electrons. The van der Waals surface area contributed by atoms with Gasteiger partial charge in [-0.25, -0.2) is 4.99 Å². The second-order valence-corrected chi connectivity index (χ2v) is 7.16. The van der Waals surface area contributed by atoms with Crippen LogP contribution in [0, 0.1) is 0 Å². The second-order valence-electron chi connectivity index (χ2n) is 7.16. The lowest BCUT2D eigenvalue weighted by molar-refractivity contribution is 0.768. The Morgan fingerprint density at radius 1 is 0.800 bits per heavy atom. The van der Waals surface area contributed by atoms with Crippen LogP contribution in [0.25, 0.3) is 22.0 Å². The van der Waals surface area contributed by atoms with Crippen LogP contribution in [0.5, 0.6) is 0 Å². The van der Waals surface area contributed by atoms with E-state index in [0.29, 0.717) is 0 Å². The molecule has 0 N–H and O–H groups in total. The van der Waals surface area contributed by atoms with Gasteiger partial charge in [0.2, 0.25) is 0 Å². The first-order chi connectivity index (χ1) is 14.8. The van der Waals surface area contributed by atoms with Gasteiger partial charge in [-0.2, -0.15) is 5.10 Å². The number of fused-ring (bicyclic) bond motifs is 1. The second kappa shape index (κ2) is 7.76. The molecule has 0 aliphatic carbocycles. The number of nitrogens with zero attached hydrogens (tertiary/aromatic N) is 4. The molecule has 0 spiro atoms. The summed E-state index contributed by atoms with van der Waals surface area (Å²) in [5.74, 6) is 0. The van der Waals surface area contributed by atoms with Gasteiger partial charge in [-0.3, -0.25) is 9.67 Å². The molecule has 5 aromatic rings. The molecule has 30 heavy (non-hydrogen) atoms. The average Bonchev–Trinajstić information content (AvgIpc) is 3.24. The predicted molar refractivity (Wildman–Crippen MR) is 122 cm³/mol. The summed E-state index contributed by atoms with van der Waals surface area (Å²) in [6, 6.07) is 28.9. The molecule has 4 nitrogen and oxygen atoms in total. The van der Waals surface area contributed by atoms with Crippen molar-refractivity contribution in [1.82, 2.24) is 14.8 Å². The van der Waals surface area contributed by atoms with Crippen LogP contribution in [-0.4, -0.2) is 20.5 Å². The van der Waals surface area contributed by atoms with Crippen LogP contribution in [0.4, 0.5) is 5.69 Å². The van der Waals surface area contributed by atoms with Gasteiger partial charge < -0.3 is 0 Å².